The van der Waals surface area contributed by atoms with E-state index in [1.54, 1.807) is 0 Å². The molecule has 0 aliphatic heterocycles. The van der Waals surface area contributed by atoms with Crippen LogP contribution >= 0.6 is 0 Å². The Morgan fingerprint density at radius 2 is 1.06 bits per heavy atom. The summed E-state index contributed by atoms with van der Waals surface area (Å²) in [6.45, 7) is 4.70. The molecule has 0 spiro atoms. The number of anilines is 3. The van der Waals surface area contributed by atoms with E-state index in [-0.39, 0.29) is 5.41 Å². The van der Waals surface area contributed by atoms with Gasteiger partial charge in [0, 0.05) is 55.3 Å². The van der Waals surface area contributed by atoms with E-state index in [1.165, 1.54) is 38.5 Å². The number of nitrogens with zero attached hydrogens (tertiary/aromatic N) is 2. The fourth-order valence-corrected chi connectivity index (χ4v) is 8.16. The van der Waals surface area contributed by atoms with Gasteiger partial charge in [0.15, 0.2) is 5.58 Å². The van der Waals surface area contributed by atoms with Gasteiger partial charge in [-0.2, -0.15) is 0 Å². The minimum absolute atomic E-state index is 0.105. The molecule has 0 radical (unpaired) electrons. The quantitative estimate of drug-likeness (QED) is 0.196. The predicted molar refractivity (Wildman–Crippen MR) is 200 cm³/mol. The maximum Gasteiger partial charge on any atom is 0.160 e. The molecule has 2 aromatic heterocycles. The second-order valence-electron chi connectivity index (χ2n) is 13.3. The summed E-state index contributed by atoms with van der Waals surface area (Å²) < 4.78 is 9.20. The molecule has 0 saturated heterocycles. The van der Waals surface area contributed by atoms with Gasteiger partial charge in [-0.15, -0.1) is 0 Å². The van der Waals surface area contributed by atoms with Crippen LogP contribution < -0.4 is 4.90 Å². The number of aromatic nitrogens is 1. The smallest absolute Gasteiger partial charge is 0.160 e. The first-order valence-electron chi connectivity index (χ1n) is 16.6. The standard InChI is InChI=1S/C45H32N2O/c1-45(2)38-19-11-9-18-37(38)41-39(45)28-27-34-35-25-26-36-33-17-10-12-20-40(33)48-44(36)43(35)47(42(34)41)32-23-21-31(22-24-32)46(29-13-5-3-6-14-29)30-15-7-4-8-16-30/h3-28H,1-2H3. The molecule has 1 aliphatic rings. The zero-order chi connectivity index (χ0) is 32.0. The van der Waals surface area contributed by atoms with Crippen LogP contribution in [0.1, 0.15) is 25.0 Å². The highest BCUT2D eigenvalue weighted by atomic mass is 16.3. The van der Waals surface area contributed by atoms with E-state index in [0.29, 0.717) is 0 Å². The molecule has 9 aromatic rings. The molecule has 1 aliphatic carbocycles. The molecule has 10 rings (SSSR count). The molecule has 0 saturated carbocycles. The zero-order valence-corrected chi connectivity index (χ0v) is 26.8. The molecule has 0 unspecified atom stereocenters. The molecule has 0 fully saturated rings. The van der Waals surface area contributed by atoms with E-state index in [4.69, 9.17) is 4.42 Å². The van der Waals surface area contributed by atoms with Gasteiger partial charge in [-0.05, 0) is 77.4 Å². The third-order valence-electron chi connectivity index (χ3n) is 10.4. The summed E-state index contributed by atoms with van der Waals surface area (Å²) in [5.74, 6) is 0. The first-order valence-corrected chi connectivity index (χ1v) is 16.6. The topological polar surface area (TPSA) is 21.3 Å². The van der Waals surface area contributed by atoms with Crippen molar-refractivity contribution < 1.29 is 4.42 Å². The Morgan fingerprint density at radius 3 is 1.81 bits per heavy atom. The normalized spacial score (nSPS) is 13.4. The lowest BCUT2D eigenvalue weighted by molar-refractivity contribution is 0.661. The van der Waals surface area contributed by atoms with Crippen LogP contribution in [0.25, 0.3) is 60.6 Å². The lowest BCUT2D eigenvalue weighted by atomic mass is 9.82. The van der Waals surface area contributed by atoms with Crippen LogP contribution in [-0.4, -0.2) is 4.57 Å². The van der Waals surface area contributed by atoms with Gasteiger partial charge < -0.3 is 13.9 Å². The Balaban J connectivity index is 1.29. The van der Waals surface area contributed by atoms with Crippen LogP contribution in [0.2, 0.25) is 0 Å². The summed E-state index contributed by atoms with van der Waals surface area (Å²) in [4.78, 5) is 2.31. The maximum absolute atomic E-state index is 6.74. The van der Waals surface area contributed by atoms with Crippen molar-refractivity contribution in [1.82, 2.24) is 4.57 Å². The van der Waals surface area contributed by atoms with Crippen LogP contribution in [0, 0.1) is 0 Å². The van der Waals surface area contributed by atoms with E-state index >= 15 is 0 Å². The SMILES string of the molecule is CC1(C)c2ccccc2-c2c1ccc1c3ccc4c5ccccc5oc4c3n(-c3ccc(N(c4ccccc4)c4ccccc4)cc3)c21. The maximum atomic E-state index is 6.74. The molecule has 0 atom stereocenters. The first kappa shape index (κ1) is 27.1. The van der Waals surface area contributed by atoms with Crippen molar-refractivity contribution in [3.05, 3.63) is 169 Å². The van der Waals surface area contributed by atoms with Crippen molar-refractivity contribution in [1.29, 1.82) is 0 Å². The highest BCUT2D eigenvalue weighted by Gasteiger charge is 2.37. The number of hydrogen-bond donors (Lipinski definition) is 0. The zero-order valence-electron chi connectivity index (χ0n) is 26.8. The molecule has 0 N–H and O–H groups in total. The number of benzene rings is 7. The third kappa shape index (κ3) is 3.70. The average molecular weight is 617 g/mol. The molecule has 48 heavy (non-hydrogen) atoms. The number of hydrogen-bond acceptors (Lipinski definition) is 2. The Kier molecular flexibility index (Phi) is 5.63. The van der Waals surface area contributed by atoms with Gasteiger partial charge in [-0.1, -0.05) is 111 Å². The molecule has 2 heterocycles. The predicted octanol–water partition coefficient (Wildman–Crippen LogP) is 12.5. The number of furan rings is 1. The van der Waals surface area contributed by atoms with Gasteiger partial charge in [0.05, 0.1) is 11.0 Å². The van der Waals surface area contributed by atoms with Gasteiger partial charge in [-0.25, -0.2) is 0 Å². The highest BCUT2D eigenvalue weighted by Crippen LogP contribution is 2.53. The lowest BCUT2D eigenvalue weighted by Gasteiger charge is -2.25. The highest BCUT2D eigenvalue weighted by molar-refractivity contribution is 6.23. The van der Waals surface area contributed by atoms with Crippen LogP contribution in [0.4, 0.5) is 17.1 Å². The molecule has 0 amide bonds. The van der Waals surface area contributed by atoms with E-state index in [1.807, 2.05) is 6.07 Å². The Hall–Kier alpha value is -6.06. The largest absolute Gasteiger partial charge is 0.454 e. The van der Waals surface area contributed by atoms with E-state index in [2.05, 4.69) is 175 Å². The lowest BCUT2D eigenvalue weighted by Crippen LogP contribution is -2.14. The molecule has 0 bridgehead atoms. The monoisotopic (exact) mass is 616 g/mol. The summed E-state index contributed by atoms with van der Waals surface area (Å²) in [5.41, 5.74) is 13.8. The molecular formula is C45H32N2O. The molecule has 228 valence electrons. The van der Waals surface area contributed by atoms with Gasteiger partial charge in [0.2, 0.25) is 0 Å². The Bertz CT molecular complexity index is 2640. The van der Waals surface area contributed by atoms with Crippen molar-refractivity contribution in [2.75, 3.05) is 4.90 Å². The Labute approximate surface area is 278 Å². The number of fused-ring (bicyclic) bond motifs is 11. The fourth-order valence-electron chi connectivity index (χ4n) is 8.16. The minimum Gasteiger partial charge on any atom is -0.454 e. The fraction of sp³-hybridized carbons (Fsp3) is 0.0667. The number of para-hydroxylation sites is 3. The van der Waals surface area contributed by atoms with Gasteiger partial charge in [-0.3, -0.25) is 0 Å². The summed E-state index contributed by atoms with van der Waals surface area (Å²) in [6, 6.07) is 56.7. The van der Waals surface area contributed by atoms with E-state index < -0.39 is 0 Å². The molecule has 3 heteroatoms. The second-order valence-corrected chi connectivity index (χ2v) is 13.3. The van der Waals surface area contributed by atoms with Crippen LogP contribution in [0.5, 0.6) is 0 Å². The van der Waals surface area contributed by atoms with Crippen molar-refractivity contribution in [3.63, 3.8) is 0 Å². The molecule has 3 nitrogen and oxygen atoms in total. The summed E-state index contributed by atoms with van der Waals surface area (Å²) >= 11 is 0. The summed E-state index contributed by atoms with van der Waals surface area (Å²) in [5, 5.41) is 4.70. The van der Waals surface area contributed by atoms with Gasteiger partial charge in [0.1, 0.15) is 5.58 Å². The first-order chi connectivity index (χ1) is 23.6. The third-order valence-corrected chi connectivity index (χ3v) is 10.4. The van der Waals surface area contributed by atoms with Crippen LogP contribution in [-0.2, 0) is 5.41 Å². The molecule has 7 aromatic carbocycles. The minimum atomic E-state index is -0.105. The van der Waals surface area contributed by atoms with Crippen LogP contribution in [0.15, 0.2) is 162 Å². The summed E-state index contributed by atoms with van der Waals surface area (Å²) in [6.07, 6.45) is 0. The van der Waals surface area contributed by atoms with E-state index in [0.717, 1.165) is 50.2 Å². The van der Waals surface area contributed by atoms with Gasteiger partial charge in [0.25, 0.3) is 0 Å². The van der Waals surface area contributed by atoms with Crippen molar-refractivity contribution in [2.24, 2.45) is 0 Å². The number of rotatable bonds is 4. The molecular weight excluding hydrogens is 585 g/mol. The average Bonchev–Trinajstić information content (AvgIpc) is 3.76. The Morgan fingerprint density at radius 1 is 0.479 bits per heavy atom. The van der Waals surface area contributed by atoms with Gasteiger partial charge >= 0.3 is 0 Å². The van der Waals surface area contributed by atoms with Crippen molar-refractivity contribution >= 4 is 60.8 Å². The van der Waals surface area contributed by atoms with Crippen molar-refractivity contribution in [2.45, 2.75) is 19.3 Å². The van der Waals surface area contributed by atoms with Crippen molar-refractivity contribution in [3.8, 4) is 16.8 Å². The van der Waals surface area contributed by atoms with E-state index in [9.17, 15) is 0 Å². The van der Waals surface area contributed by atoms with Crippen LogP contribution in [0.3, 0.4) is 0 Å². The second kappa shape index (κ2) is 9.97. The summed E-state index contributed by atoms with van der Waals surface area (Å²) in [7, 11) is 0.